The molecule has 1 aromatic heterocycles. The second kappa shape index (κ2) is 8.17. The van der Waals surface area contributed by atoms with Gasteiger partial charge in [-0.2, -0.15) is 0 Å². The van der Waals surface area contributed by atoms with Crippen LogP contribution in [0.4, 0.5) is 11.6 Å². The first-order chi connectivity index (χ1) is 12.5. The summed E-state index contributed by atoms with van der Waals surface area (Å²) in [7, 11) is 0. The lowest BCUT2D eigenvalue weighted by Crippen LogP contribution is -2.24. The molecular weight excluding hydrogens is 371 g/mol. The fourth-order valence-corrected chi connectivity index (χ4v) is 2.81. The number of nitrogens with one attached hydrogen (secondary N) is 2. The molecule has 0 fully saturated rings. The number of carbonyl (C=O) groups is 1. The molecule has 0 aliphatic heterocycles. The standard InChI is InChI=1S/C19H16Cl2N4O/c1-12-2-4-13(5-3-12)11-23-18(26)17-6-7-22-19(25-17)24-16-9-14(20)8-15(21)10-16/h2-10H,11H2,1H3,(H,23,26)(H,22,24,25). The second-order valence-electron chi connectivity index (χ2n) is 5.72. The van der Waals surface area contributed by atoms with Crippen molar-refractivity contribution in [3.05, 3.63) is 81.6 Å². The van der Waals surface area contributed by atoms with E-state index in [2.05, 4.69) is 20.6 Å². The molecule has 3 rings (SSSR count). The zero-order valence-electron chi connectivity index (χ0n) is 14.0. The van der Waals surface area contributed by atoms with E-state index in [-0.39, 0.29) is 17.5 Å². The molecule has 0 bridgehead atoms. The van der Waals surface area contributed by atoms with E-state index in [0.717, 1.165) is 5.56 Å². The van der Waals surface area contributed by atoms with Crippen molar-refractivity contribution in [2.24, 2.45) is 0 Å². The van der Waals surface area contributed by atoms with Gasteiger partial charge >= 0.3 is 0 Å². The van der Waals surface area contributed by atoms with Crippen LogP contribution >= 0.6 is 23.2 Å². The maximum absolute atomic E-state index is 12.3. The Kier molecular flexibility index (Phi) is 5.71. The summed E-state index contributed by atoms with van der Waals surface area (Å²) in [6.45, 7) is 2.45. The zero-order chi connectivity index (χ0) is 18.5. The van der Waals surface area contributed by atoms with Crippen molar-refractivity contribution in [1.29, 1.82) is 0 Å². The third kappa shape index (κ3) is 4.94. The van der Waals surface area contributed by atoms with Crippen molar-refractivity contribution in [1.82, 2.24) is 15.3 Å². The predicted octanol–water partition coefficient (Wildman–Crippen LogP) is 4.77. The Labute approximate surface area is 161 Å². The van der Waals surface area contributed by atoms with Crippen molar-refractivity contribution in [2.75, 3.05) is 5.32 Å². The molecule has 26 heavy (non-hydrogen) atoms. The van der Waals surface area contributed by atoms with Crippen molar-refractivity contribution in [2.45, 2.75) is 13.5 Å². The number of nitrogens with zero attached hydrogens (tertiary/aromatic N) is 2. The molecule has 2 N–H and O–H groups in total. The van der Waals surface area contributed by atoms with Crippen molar-refractivity contribution >= 4 is 40.7 Å². The minimum Gasteiger partial charge on any atom is -0.347 e. The number of amides is 1. The van der Waals surface area contributed by atoms with Gasteiger partial charge in [-0.3, -0.25) is 4.79 Å². The van der Waals surface area contributed by atoms with Gasteiger partial charge in [-0.25, -0.2) is 9.97 Å². The minimum absolute atomic E-state index is 0.266. The molecular formula is C19H16Cl2N4O. The maximum atomic E-state index is 12.3. The SMILES string of the molecule is Cc1ccc(CNC(=O)c2ccnc(Nc3cc(Cl)cc(Cl)c3)n2)cc1. The number of hydrogen-bond donors (Lipinski definition) is 2. The van der Waals surface area contributed by atoms with Gasteiger partial charge in [0.1, 0.15) is 5.69 Å². The van der Waals surface area contributed by atoms with E-state index < -0.39 is 0 Å². The van der Waals surface area contributed by atoms with Gasteiger partial charge in [-0.15, -0.1) is 0 Å². The highest BCUT2D eigenvalue weighted by Gasteiger charge is 2.09. The molecule has 0 spiro atoms. The van der Waals surface area contributed by atoms with Gasteiger partial charge in [0.2, 0.25) is 5.95 Å². The van der Waals surface area contributed by atoms with Crippen molar-refractivity contribution < 1.29 is 4.79 Å². The molecule has 0 aliphatic rings. The summed E-state index contributed by atoms with van der Waals surface area (Å²) in [6.07, 6.45) is 1.52. The number of carbonyl (C=O) groups excluding carboxylic acids is 1. The summed E-state index contributed by atoms with van der Waals surface area (Å²) >= 11 is 12.0. The molecule has 1 heterocycles. The topological polar surface area (TPSA) is 66.9 Å². The molecule has 0 unspecified atom stereocenters. The number of hydrogen-bond acceptors (Lipinski definition) is 4. The Morgan fingerprint density at radius 1 is 1.04 bits per heavy atom. The predicted molar refractivity (Wildman–Crippen MR) is 104 cm³/mol. The minimum atomic E-state index is -0.278. The Bertz CT molecular complexity index is 909. The van der Waals surface area contributed by atoms with Gasteiger partial charge in [-0.05, 0) is 36.8 Å². The van der Waals surface area contributed by atoms with Crippen LogP contribution in [0.25, 0.3) is 0 Å². The number of benzene rings is 2. The fourth-order valence-electron chi connectivity index (χ4n) is 2.28. The van der Waals surface area contributed by atoms with Crippen LogP contribution in [0.1, 0.15) is 21.6 Å². The highest BCUT2D eigenvalue weighted by molar-refractivity contribution is 6.35. The van der Waals surface area contributed by atoms with E-state index in [1.165, 1.54) is 11.8 Å². The summed E-state index contributed by atoms with van der Waals surface area (Å²) in [6, 6.07) is 14.5. The smallest absolute Gasteiger partial charge is 0.270 e. The Morgan fingerprint density at radius 2 is 1.73 bits per heavy atom. The van der Waals surface area contributed by atoms with Crippen LogP contribution < -0.4 is 10.6 Å². The van der Waals surface area contributed by atoms with Crippen molar-refractivity contribution in [3.63, 3.8) is 0 Å². The van der Waals surface area contributed by atoms with Gasteiger partial charge < -0.3 is 10.6 Å². The van der Waals surface area contributed by atoms with E-state index in [1.54, 1.807) is 24.3 Å². The summed E-state index contributed by atoms with van der Waals surface area (Å²) in [5.74, 6) is 0.00599. The van der Waals surface area contributed by atoms with Crippen LogP contribution in [-0.2, 0) is 6.54 Å². The number of rotatable bonds is 5. The normalized spacial score (nSPS) is 10.4. The Hall–Kier alpha value is -2.63. The zero-order valence-corrected chi connectivity index (χ0v) is 15.5. The summed E-state index contributed by atoms with van der Waals surface area (Å²) < 4.78 is 0. The van der Waals surface area contributed by atoms with Gasteiger partial charge in [0, 0.05) is 28.5 Å². The molecule has 0 aliphatic carbocycles. The molecule has 1 amide bonds. The average Bonchev–Trinajstić information content (AvgIpc) is 2.60. The van der Waals surface area contributed by atoms with E-state index >= 15 is 0 Å². The lowest BCUT2D eigenvalue weighted by molar-refractivity contribution is 0.0946. The largest absolute Gasteiger partial charge is 0.347 e. The van der Waals surface area contributed by atoms with Crippen LogP contribution in [0.5, 0.6) is 0 Å². The fraction of sp³-hybridized carbons (Fsp3) is 0.105. The van der Waals surface area contributed by atoms with E-state index in [0.29, 0.717) is 22.3 Å². The van der Waals surface area contributed by atoms with Crippen molar-refractivity contribution in [3.8, 4) is 0 Å². The Balaban J connectivity index is 1.67. The van der Waals surface area contributed by atoms with E-state index in [9.17, 15) is 4.79 Å². The highest BCUT2D eigenvalue weighted by atomic mass is 35.5. The second-order valence-corrected chi connectivity index (χ2v) is 6.59. The molecule has 3 aromatic rings. The molecule has 2 aromatic carbocycles. The monoisotopic (exact) mass is 386 g/mol. The summed E-state index contributed by atoms with van der Waals surface area (Å²) in [5, 5.41) is 6.82. The lowest BCUT2D eigenvalue weighted by Gasteiger charge is -2.08. The van der Waals surface area contributed by atoms with Crippen LogP contribution in [-0.4, -0.2) is 15.9 Å². The molecule has 0 saturated heterocycles. The van der Waals surface area contributed by atoms with E-state index in [1.807, 2.05) is 31.2 Å². The summed E-state index contributed by atoms with van der Waals surface area (Å²) in [5.41, 5.74) is 3.10. The lowest BCUT2D eigenvalue weighted by atomic mass is 10.1. The first-order valence-electron chi connectivity index (χ1n) is 7.89. The highest BCUT2D eigenvalue weighted by Crippen LogP contribution is 2.24. The molecule has 0 saturated carbocycles. The summed E-state index contributed by atoms with van der Waals surface area (Å²) in [4.78, 5) is 20.7. The number of anilines is 2. The van der Waals surface area contributed by atoms with E-state index in [4.69, 9.17) is 23.2 Å². The number of halogens is 2. The molecule has 132 valence electrons. The van der Waals surface area contributed by atoms with Crippen LogP contribution in [0.2, 0.25) is 10.0 Å². The Morgan fingerprint density at radius 3 is 2.42 bits per heavy atom. The van der Waals surface area contributed by atoms with Crippen LogP contribution in [0, 0.1) is 6.92 Å². The quantitative estimate of drug-likeness (QED) is 0.662. The third-order valence-corrected chi connectivity index (χ3v) is 4.02. The molecule has 0 radical (unpaired) electrons. The molecule has 7 heteroatoms. The number of aromatic nitrogens is 2. The first kappa shape index (κ1) is 18.2. The average molecular weight is 387 g/mol. The molecule has 0 atom stereocenters. The van der Waals surface area contributed by atoms with Gasteiger partial charge in [0.25, 0.3) is 5.91 Å². The first-order valence-corrected chi connectivity index (χ1v) is 8.65. The van der Waals surface area contributed by atoms with Crippen LogP contribution in [0.15, 0.2) is 54.7 Å². The van der Waals surface area contributed by atoms with Gasteiger partial charge in [0.05, 0.1) is 0 Å². The van der Waals surface area contributed by atoms with Gasteiger partial charge in [0.15, 0.2) is 0 Å². The number of aryl methyl sites for hydroxylation is 1. The van der Waals surface area contributed by atoms with Gasteiger partial charge in [-0.1, -0.05) is 53.0 Å². The maximum Gasteiger partial charge on any atom is 0.270 e. The van der Waals surface area contributed by atoms with Crippen LogP contribution in [0.3, 0.4) is 0 Å². The molecule has 5 nitrogen and oxygen atoms in total. The third-order valence-electron chi connectivity index (χ3n) is 3.58.